The van der Waals surface area contributed by atoms with Crippen LogP contribution in [0.2, 0.25) is 0 Å². The highest BCUT2D eigenvalue weighted by Crippen LogP contribution is 2.29. The number of hydrogen-bond acceptors (Lipinski definition) is 4. The second-order valence-corrected chi connectivity index (χ2v) is 4.61. The fraction of sp³-hybridized carbons (Fsp3) is 0.538. The first-order chi connectivity index (χ1) is 9.68. The molecule has 0 bridgehead atoms. The Morgan fingerprint density at radius 1 is 1.62 bits per heavy atom. The highest BCUT2D eigenvalue weighted by Gasteiger charge is 2.38. The summed E-state index contributed by atoms with van der Waals surface area (Å²) in [5, 5.41) is 9.66. The van der Waals surface area contributed by atoms with Crippen molar-refractivity contribution in [2.45, 2.75) is 38.1 Å². The Labute approximate surface area is 119 Å². The molecule has 0 unspecified atom stereocenters. The number of ether oxygens (including phenoxy) is 1. The molecular weight excluding hydrogens is 291 g/mol. The molecule has 1 saturated heterocycles. The average Bonchev–Trinajstić information content (AvgIpc) is 2.71. The van der Waals surface area contributed by atoms with Crippen LogP contribution in [0.25, 0.3) is 0 Å². The van der Waals surface area contributed by atoms with Crippen LogP contribution in [0.15, 0.2) is 24.3 Å². The van der Waals surface area contributed by atoms with Crippen molar-refractivity contribution >= 4 is 12.0 Å². The number of imide groups is 1. The molecule has 2 amide bonds. The lowest BCUT2D eigenvalue weighted by atomic mass is 10.1. The maximum Gasteiger partial charge on any atom is 0.417 e. The number of aliphatic hydroxyl groups excluding tert-OH is 1. The molecule has 1 aliphatic heterocycles. The largest absolute Gasteiger partial charge is 0.447 e. The normalized spacial score (nSPS) is 21.2. The van der Waals surface area contributed by atoms with E-state index in [2.05, 4.69) is 11.3 Å². The number of hydrogen-bond donors (Lipinski definition) is 1. The quantitative estimate of drug-likeness (QED) is 0.791. The van der Waals surface area contributed by atoms with E-state index >= 15 is 0 Å². The minimum absolute atomic E-state index is 0.00258. The summed E-state index contributed by atoms with van der Waals surface area (Å²) in [5.41, 5.74) is -0.901. The number of allylic oxidation sites excluding steroid dienone is 2. The lowest BCUT2D eigenvalue weighted by Crippen LogP contribution is -2.43. The van der Waals surface area contributed by atoms with E-state index in [0.29, 0.717) is 4.90 Å². The summed E-state index contributed by atoms with van der Waals surface area (Å²) in [5.74, 6) is -0.971. The Kier molecular flexibility index (Phi) is 5.54. The van der Waals surface area contributed by atoms with Crippen LogP contribution in [0, 0.1) is 0 Å². The Bertz CT molecular complexity index is 459. The van der Waals surface area contributed by atoms with Crippen LogP contribution in [0.1, 0.15) is 19.8 Å². The smallest absolute Gasteiger partial charge is 0.417 e. The third-order valence-corrected chi connectivity index (χ3v) is 2.92. The highest BCUT2D eigenvalue weighted by molar-refractivity contribution is 5.95. The number of halogens is 3. The van der Waals surface area contributed by atoms with E-state index in [-0.39, 0.29) is 6.61 Å². The van der Waals surface area contributed by atoms with Crippen molar-refractivity contribution < 1.29 is 32.6 Å². The van der Waals surface area contributed by atoms with Gasteiger partial charge in [-0.05, 0) is 13.3 Å². The van der Waals surface area contributed by atoms with Gasteiger partial charge in [-0.1, -0.05) is 12.2 Å². The molecule has 0 aromatic rings. The van der Waals surface area contributed by atoms with Crippen LogP contribution in [0.5, 0.6) is 0 Å². The van der Waals surface area contributed by atoms with Gasteiger partial charge in [0.1, 0.15) is 12.7 Å². The number of cyclic esters (lactones) is 1. The lowest BCUT2D eigenvalue weighted by Gasteiger charge is -2.19. The van der Waals surface area contributed by atoms with E-state index in [1.54, 1.807) is 0 Å². The van der Waals surface area contributed by atoms with Gasteiger partial charge in [0.2, 0.25) is 0 Å². The van der Waals surface area contributed by atoms with Crippen LogP contribution < -0.4 is 0 Å². The van der Waals surface area contributed by atoms with E-state index in [4.69, 9.17) is 0 Å². The Morgan fingerprint density at radius 3 is 2.67 bits per heavy atom. The summed E-state index contributed by atoms with van der Waals surface area (Å²) in [7, 11) is 0. The molecule has 118 valence electrons. The Hall–Kier alpha value is -1.83. The summed E-state index contributed by atoms with van der Waals surface area (Å²) >= 11 is 0. The van der Waals surface area contributed by atoms with Crippen LogP contribution in [0.3, 0.4) is 0 Å². The zero-order chi connectivity index (χ0) is 16.2. The minimum atomic E-state index is -4.56. The molecule has 1 N–H and O–H groups in total. The van der Waals surface area contributed by atoms with Gasteiger partial charge >= 0.3 is 12.3 Å². The maximum absolute atomic E-state index is 12.6. The van der Waals surface area contributed by atoms with Crippen LogP contribution >= 0.6 is 0 Å². The topological polar surface area (TPSA) is 66.8 Å². The molecule has 0 aromatic heterocycles. The number of aliphatic hydroxyl groups is 1. The molecule has 0 spiro atoms. The number of amides is 2. The van der Waals surface area contributed by atoms with Gasteiger partial charge in [-0.3, -0.25) is 4.79 Å². The summed E-state index contributed by atoms with van der Waals surface area (Å²) in [6.45, 7) is 4.75. The van der Waals surface area contributed by atoms with Crippen molar-refractivity contribution in [1.29, 1.82) is 0 Å². The standard InChI is InChI=1S/C13H16F3NO4/c1-3-4-9(13(14,15)16)5-6-10(18)11(19)17-8(2)7-21-12(17)20/h3,5,8,10,18H,1,4,6-7H2,2H3/b9-5+/t8-,10+/m1/s1. The van der Waals surface area contributed by atoms with E-state index in [1.807, 2.05) is 0 Å². The molecule has 0 radical (unpaired) electrons. The number of nitrogens with zero attached hydrogens (tertiary/aromatic N) is 1. The highest BCUT2D eigenvalue weighted by atomic mass is 19.4. The van der Waals surface area contributed by atoms with Crippen LogP contribution in [-0.2, 0) is 9.53 Å². The van der Waals surface area contributed by atoms with Gasteiger partial charge in [-0.15, -0.1) is 6.58 Å². The molecule has 0 aliphatic carbocycles. The van der Waals surface area contributed by atoms with Gasteiger partial charge in [-0.25, -0.2) is 9.69 Å². The Balaban J connectivity index is 2.75. The fourth-order valence-electron chi connectivity index (χ4n) is 1.81. The van der Waals surface area contributed by atoms with Gasteiger partial charge in [-0.2, -0.15) is 13.2 Å². The second kappa shape index (κ2) is 6.75. The van der Waals surface area contributed by atoms with Crippen molar-refractivity contribution in [2.24, 2.45) is 0 Å². The van der Waals surface area contributed by atoms with Gasteiger partial charge < -0.3 is 9.84 Å². The van der Waals surface area contributed by atoms with Crippen molar-refractivity contribution in [3.05, 3.63) is 24.3 Å². The first kappa shape index (κ1) is 17.2. The van der Waals surface area contributed by atoms with E-state index in [0.717, 1.165) is 12.2 Å². The molecule has 0 saturated carbocycles. The number of alkyl halides is 3. The van der Waals surface area contributed by atoms with Crippen molar-refractivity contribution in [2.75, 3.05) is 6.61 Å². The zero-order valence-electron chi connectivity index (χ0n) is 11.4. The molecule has 1 fully saturated rings. The molecule has 1 aliphatic rings. The van der Waals surface area contributed by atoms with Gasteiger partial charge in [0.15, 0.2) is 0 Å². The van der Waals surface area contributed by atoms with Gasteiger partial charge in [0.05, 0.1) is 6.04 Å². The zero-order valence-corrected chi connectivity index (χ0v) is 11.4. The fourth-order valence-corrected chi connectivity index (χ4v) is 1.81. The molecule has 2 atom stereocenters. The summed E-state index contributed by atoms with van der Waals surface area (Å²) in [6, 6.07) is -0.557. The first-order valence-corrected chi connectivity index (χ1v) is 6.23. The predicted octanol–water partition coefficient (Wildman–Crippen LogP) is 2.17. The molecule has 0 aromatic carbocycles. The van der Waals surface area contributed by atoms with Gasteiger partial charge in [0.25, 0.3) is 5.91 Å². The number of rotatable bonds is 5. The first-order valence-electron chi connectivity index (χ1n) is 6.23. The molecular formula is C13H16F3NO4. The van der Waals surface area contributed by atoms with E-state index < -0.39 is 48.7 Å². The summed E-state index contributed by atoms with van der Waals surface area (Å²) in [4.78, 5) is 23.8. The monoisotopic (exact) mass is 307 g/mol. The molecule has 21 heavy (non-hydrogen) atoms. The maximum atomic E-state index is 12.6. The summed E-state index contributed by atoms with van der Waals surface area (Å²) in [6.07, 6.45) is -6.36. The van der Waals surface area contributed by atoms with Crippen molar-refractivity contribution in [1.82, 2.24) is 4.90 Å². The number of carbonyl (C=O) groups excluding carboxylic acids is 2. The van der Waals surface area contributed by atoms with E-state index in [9.17, 15) is 27.9 Å². The SMILES string of the molecule is C=CC/C(=C\C[C@H](O)C(=O)N1C(=O)OC[C@H]1C)C(F)(F)F. The van der Waals surface area contributed by atoms with E-state index in [1.165, 1.54) is 6.92 Å². The molecule has 1 rings (SSSR count). The predicted molar refractivity (Wildman–Crippen MR) is 67.2 cm³/mol. The number of carbonyl (C=O) groups is 2. The minimum Gasteiger partial charge on any atom is -0.447 e. The Morgan fingerprint density at radius 2 is 2.24 bits per heavy atom. The van der Waals surface area contributed by atoms with Crippen LogP contribution in [-0.4, -0.2) is 46.9 Å². The lowest BCUT2D eigenvalue weighted by molar-refractivity contribution is -0.137. The second-order valence-electron chi connectivity index (χ2n) is 4.61. The van der Waals surface area contributed by atoms with Crippen molar-refractivity contribution in [3.63, 3.8) is 0 Å². The van der Waals surface area contributed by atoms with Crippen LogP contribution in [0.4, 0.5) is 18.0 Å². The average molecular weight is 307 g/mol. The van der Waals surface area contributed by atoms with Gasteiger partial charge in [0, 0.05) is 12.0 Å². The third-order valence-electron chi connectivity index (χ3n) is 2.92. The molecule has 8 heteroatoms. The van der Waals surface area contributed by atoms with Crippen molar-refractivity contribution in [3.8, 4) is 0 Å². The summed E-state index contributed by atoms with van der Waals surface area (Å²) < 4.78 is 42.5. The third kappa shape index (κ3) is 4.32. The molecule has 5 nitrogen and oxygen atoms in total. The molecule has 1 heterocycles.